The van der Waals surface area contributed by atoms with Crippen LogP contribution in [-0.2, 0) is 19.5 Å². The van der Waals surface area contributed by atoms with Crippen molar-refractivity contribution in [1.29, 1.82) is 0 Å². The average molecular weight is 268 g/mol. The van der Waals surface area contributed by atoms with Crippen LogP contribution >= 0.6 is 0 Å². The third kappa shape index (κ3) is 2.60. The minimum Gasteiger partial charge on any atom is -0.361 e. The van der Waals surface area contributed by atoms with Crippen molar-refractivity contribution in [3.8, 4) is 0 Å². The van der Waals surface area contributed by atoms with Gasteiger partial charge >= 0.3 is 0 Å². The van der Waals surface area contributed by atoms with Gasteiger partial charge in [0.25, 0.3) is 0 Å². The van der Waals surface area contributed by atoms with Crippen LogP contribution in [0.5, 0.6) is 0 Å². The van der Waals surface area contributed by atoms with E-state index in [1.54, 1.807) is 0 Å². The summed E-state index contributed by atoms with van der Waals surface area (Å²) in [4.78, 5) is 7.68. The Bertz CT molecular complexity index is 680. The third-order valence-corrected chi connectivity index (χ3v) is 3.67. The Morgan fingerprint density at radius 2 is 2.20 bits per heavy atom. The maximum absolute atomic E-state index is 4.37. The molecule has 0 atom stereocenters. The Morgan fingerprint density at radius 3 is 3.10 bits per heavy atom. The second-order valence-corrected chi connectivity index (χ2v) is 4.92. The first kappa shape index (κ1) is 12.9. The number of nitrogens with zero attached hydrogens (tertiary/aromatic N) is 2. The smallest absolute Gasteiger partial charge is 0.122 e. The second kappa shape index (κ2) is 5.92. The summed E-state index contributed by atoms with van der Waals surface area (Å²) in [5.74, 6) is 1.10. The molecule has 0 amide bonds. The van der Waals surface area contributed by atoms with Gasteiger partial charge in [-0.2, -0.15) is 0 Å². The lowest BCUT2D eigenvalue weighted by Gasteiger charge is -2.06. The van der Waals surface area contributed by atoms with Gasteiger partial charge in [0.15, 0.2) is 0 Å². The summed E-state index contributed by atoms with van der Waals surface area (Å²) >= 11 is 0. The molecule has 2 aromatic heterocycles. The number of fused-ring (bicyclic) bond motifs is 1. The highest BCUT2D eigenvalue weighted by molar-refractivity contribution is 5.83. The zero-order valence-electron chi connectivity index (χ0n) is 11.8. The summed E-state index contributed by atoms with van der Waals surface area (Å²) < 4.78 is 2.17. The summed E-state index contributed by atoms with van der Waals surface area (Å²) in [6, 6.07) is 8.44. The van der Waals surface area contributed by atoms with Gasteiger partial charge in [-0.15, -0.1) is 0 Å². The lowest BCUT2D eigenvalue weighted by molar-refractivity contribution is 0.614. The number of imidazole rings is 1. The van der Waals surface area contributed by atoms with Gasteiger partial charge < -0.3 is 14.9 Å². The standard InChI is InChI=1S/C16H20N4/c1-2-20-10-9-18-16(20)12-17-8-7-13-11-19-15-6-4-3-5-14(13)15/h3-6,9-11,17,19H,2,7-8,12H2,1H3. The normalized spacial score (nSPS) is 11.2. The molecular formula is C16H20N4. The van der Waals surface area contributed by atoms with Gasteiger partial charge in [0.05, 0.1) is 6.54 Å². The van der Waals surface area contributed by atoms with Crippen molar-refractivity contribution in [2.24, 2.45) is 0 Å². The van der Waals surface area contributed by atoms with E-state index in [1.807, 2.05) is 12.4 Å². The number of benzene rings is 1. The third-order valence-electron chi connectivity index (χ3n) is 3.67. The number of hydrogen-bond donors (Lipinski definition) is 2. The van der Waals surface area contributed by atoms with Crippen LogP contribution in [0.25, 0.3) is 10.9 Å². The Labute approximate surface area is 118 Å². The minimum absolute atomic E-state index is 0.823. The van der Waals surface area contributed by atoms with Crippen LogP contribution in [0.15, 0.2) is 42.9 Å². The Hall–Kier alpha value is -2.07. The number of aromatic amines is 1. The van der Waals surface area contributed by atoms with E-state index in [2.05, 4.69) is 57.2 Å². The molecule has 20 heavy (non-hydrogen) atoms. The van der Waals surface area contributed by atoms with Gasteiger partial charge in [0.2, 0.25) is 0 Å². The van der Waals surface area contributed by atoms with Crippen molar-refractivity contribution in [1.82, 2.24) is 19.9 Å². The quantitative estimate of drug-likeness (QED) is 0.675. The molecule has 0 saturated carbocycles. The molecule has 4 heteroatoms. The van der Waals surface area contributed by atoms with Crippen LogP contribution in [-0.4, -0.2) is 21.1 Å². The molecule has 3 rings (SSSR count). The van der Waals surface area contributed by atoms with E-state index in [9.17, 15) is 0 Å². The highest BCUT2D eigenvalue weighted by Gasteiger charge is 2.03. The zero-order chi connectivity index (χ0) is 13.8. The summed E-state index contributed by atoms with van der Waals surface area (Å²) in [5.41, 5.74) is 2.58. The van der Waals surface area contributed by atoms with E-state index in [0.29, 0.717) is 0 Å². The van der Waals surface area contributed by atoms with Crippen molar-refractivity contribution >= 4 is 10.9 Å². The fraction of sp³-hybridized carbons (Fsp3) is 0.312. The first-order valence-electron chi connectivity index (χ1n) is 7.14. The van der Waals surface area contributed by atoms with Gasteiger partial charge in [-0.25, -0.2) is 4.98 Å². The molecule has 2 N–H and O–H groups in total. The molecule has 0 aliphatic carbocycles. The highest BCUT2D eigenvalue weighted by atomic mass is 15.1. The molecule has 1 aromatic carbocycles. The number of para-hydroxylation sites is 1. The maximum Gasteiger partial charge on any atom is 0.122 e. The minimum atomic E-state index is 0.823. The molecule has 0 radical (unpaired) electrons. The lowest BCUT2D eigenvalue weighted by atomic mass is 10.1. The van der Waals surface area contributed by atoms with Crippen molar-refractivity contribution in [2.75, 3.05) is 6.54 Å². The fourth-order valence-corrected chi connectivity index (χ4v) is 2.56. The number of H-pyrrole nitrogens is 1. The van der Waals surface area contributed by atoms with E-state index in [-0.39, 0.29) is 0 Å². The molecule has 4 nitrogen and oxygen atoms in total. The van der Waals surface area contributed by atoms with E-state index in [4.69, 9.17) is 0 Å². The van der Waals surface area contributed by atoms with E-state index < -0.39 is 0 Å². The molecule has 104 valence electrons. The number of aromatic nitrogens is 3. The predicted octanol–water partition coefficient (Wildman–Crippen LogP) is 2.72. The fourth-order valence-electron chi connectivity index (χ4n) is 2.56. The van der Waals surface area contributed by atoms with Gasteiger partial charge in [-0.05, 0) is 31.5 Å². The molecule has 0 unspecified atom stereocenters. The van der Waals surface area contributed by atoms with E-state index in [1.165, 1.54) is 16.5 Å². The molecule has 0 aliphatic rings. The molecule has 0 aliphatic heterocycles. The number of hydrogen-bond acceptors (Lipinski definition) is 2. The van der Waals surface area contributed by atoms with Crippen molar-refractivity contribution in [3.05, 3.63) is 54.2 Å². The Kier molecular flexibility index (Phi) is 3.83. The summed E-state index contributed by atoms with van der Waals surface area (Å²) in [6.45, 7) is 4.89. The van der Waals surface area contributed by atoms with Gasteiger partial charge in [0, 0.05) is 36.0 Å². The van der Waals surface area contributed by atoms with Crippen LogP contribution in [0.2, 0.25) is 0 Å². The van der Waals surface area contributed by atoms with Crippen LogP contribution in [0, 0.1) is 0 Å². The van der Waals surface area contributed by atoms with Crippen LogP contribution in [0.1, 0.15) is 18.3 Å². The number of rotatable bonds is 6. The SMILES string of the molecule is CCn1ccnc1CNCCc1c[nH]c2ccccc12. The molecule has 2 heterocycles. The Morgan fingerprint density at radius 1 is 1.30 bits per heavy atom. The van der Waals surface area contributed by atoms with Crippen LogP contribution in [0.4, 0.5) is 0 Å². The molecule has 0 fully saturated rings. The maximum atomic E-state index is 4.37. The zero-order valence-corrected chi connectivity index (χ0v) is 11.8. The molecule has 3 aromatic rings. The first-order chi connectivity index (χ1) is 9.88. The number of aryl methyl sites for hydroxylation is 1. The van der Waals surface area contributed by atoms with Gasteiger partial charge in [-0.3, -0.25) is 0 Å². The second-order valence-electron chi connectivity index (χ2n) is 4.92. The van der Waals surface area contributed by atoms with Crippen LogP contribution in [0.3, 0.4) is 0 Å². The van der Waals surface area contributed by atoms with Crippen molar-refractivity contribution in [2.45, 2.75) is 26.4 Å². The lowest BCUT2D eigenvalue weighted by Crippen LogP contribution is -2.19. The summed E-state index contributed by atoms with van der Waals surface area (Å²) in [7, 11) is 0. The van der Waals surface area contributed by atoms with Crippen LogP contribution < -0.4 is 5.32 Å². The Balaban J connectivity index is 1.55. The monoisotopic (exact) mass is 268 g/mol. The molecule has 0 saturated heterocycles. The summed E-state index contributed by atoms with van der Waals surface area (Å²) in [5, 5.41) is 4.79. The highest BCUT2D eigenvalue weighted by Crippen LogP contribution is 2.17. The van der Waals surface area contributed by atoms with E-state index >= 15 is 0 Å². The molecule has 0 spiro atoms. The predicted molar refractivity (Wildman–Crippen MR) is 81.6 cm³/mol. The molecule has 0 bridgehead atoms. The first-order valence-corrected chi connectivity index (χ1v) is 7.14. The number of nitrogens with one attached hydrogen (secondary N) is 2. The average Bonchev–Trinajstić information content (AvgIpc) is 3.10. The van der Waals surface area contributed by atoms with Crippen molar-refractivity contribution in [3.63, 3.8) is 0 Å². The van der Waals surface area contributed by atoms with Crippen molar-refractivity contribution < 1.29 is 0 Å². The van der Waals surface area contributed by atoms with E-state index in [0.717, 1.165) is 31.9 Å². The topological polar surface area (TPSA) is 45.6 Å². The largest absolute Gasteiger partial charge is 0.361 e. The summed E-state index contributed by atoms with van der Waals surface area (Å²) in [6.07, 6.45) is 7.02. The molecular weight excluding hydrogens is 248 g/mol. The van der Waals surface area contributed by atoms with Gasteiger partial charge in [-0.1, -0.05) is 18.2 Å². The van der Waals surface area contributed by atoms with Gasteiger partial charge in [0.1, 0.15) is 5.82 Å².